The molecule has 7 rings (SSSR count). The number of ether oxygens (including phenoxy) is 3. The third kappa shape index (κ3) is 15.8. The highest BCUT2D eigenvalue weighted by atomic mass is 32.2. The predicted octanol–water partition coefficient (Wildman–Crippen LogP) is 4.03. The number of carbonyl (C=O) groups is 11. The molecule has 0 bridgehead atoms. The summed E-state index contributed by atoms with van der Waals surface area (Å²) in [5.41, 5.74) is 13.4. The van der Waals surface area contributed by atoms with Crippen molar-refractivity contribution in [1.29, 1.82) is 0 Å². The van der Waals surface area contributed by atoms with E-state index in [2.05, 4.69) is 35.9 Å². The summed E-state index contributed by atoms with van der Waals surface area (Å²) >= 11 is 1.17. The molecule has 1 aliphatic heterocycles. The number of anilines is 2. The predicted molar refractivity (Wildman–Crippen MR) is 311 cm³/mol. The van der Waals surface area contributed by atoms with E-state index in [-0.39, 0.29) is 126 Å². The summed E-state index contributed by atoms with van der Waals surface area (Å²) in [7, 11) is 1.40. The minimum atomic E-state index is -1.23. The number of rotatable bonds is 32. The maximum atomic E-state index is 13.9. The zero-order valence-electron chi connectivity index (χ0n) is 48.8. The van der Waals surface area contributed by atoms with Crippen molar-refractivity contribution in [2.24, 2.45) is 23.3 Å². The summed E-state index contributed by atoms with van der Waals surface area (Å²) in [6.07, 6.45) is 4.28. The molecule has 30 heteroatoms. The number of aromatic nitrogens is 6. The lowest BCUT2D eigenvalue weighted by Gasteiger charge is -2.18. The number of aliphatic carboxylic acids is 1. The highest BCUT2D eigenvalue weighted by Gasteiger charge is 2.39. The van der Waals surface area contributed by atoms with E-state index in [4.69, 9.17) is 34.5 Å². The van der Waals surface area contributed by atoms with E-state index in [1.54, 1.807) is 48.3 Å². The Morgan fingerprint density at radius 1 is 0.782 bits per heavy atom. The number of aryl methyl sites for hydroxylation is 4. The van der Waals surface area contributed by atoms with Crippen LogP contribution in [-0.4, -0.2) is 149 Å². The van der Waals surface area contributed by atoms with Gasteiger partial charge in [-0.2, -0.15) is 11.8 Å². The molecule has 6 aromatic rings. The average molecular weight is 1220 g/mol. The summed E-state index contributed by atoms with van der Waals surface area (Å²) in [4.78, 5) is 160. The first-order valence-electron chi connectivity index (χ1n) is 27.6. The molecule has 3 atom stereocenters. The Kier molecular flexibility index (Phi) is 21.5. The molecule has 0 spiro atoms. The molecule has 7 amide bonds. The summed E-state index contributed by atoms with van der Waals surface area (Å²) in [6, 6.07) is 5.70. The number of carbonyl (C=O) groups excluding carboxylic acids is 10. The van der Waals surface area contributed by atoms with Crippen molar-refractivity contribution in [3.8, 4) is 11.5 Å². The van der Waals surface area contributed by atoms with Gasteiger partial charge in [-0.1, -0.05) is 32.9 Å². The second-order valence-corrected chi connectivity index (χ2v) is 21.2. The molecule has 5 heterocycles. The smallest absolute Gasteiger partial charge is 0.309 e. The molecular weight excluding hydrogens is 1160 g/mol. The fourth-order valence-electron chi connectivity index (χ4n) is 9.53. The van der Waals surface area contributed by atoms with Gasteiger partial charge in [0.25, 0.3) is 11.8 Å². The number of thioether (sulfide) groups is 1. The number of esters is 1. The number of carboxylic acids is 1. The molecule has 2 aromatic carbocycles. The van der Waals surface area contributed by atoms with Crippen LogP contribution in [0.2, 0.25) is 0 Å². The zero-order valence-corrected chi connectivity index (χ0v) is 49.6. The summed E-state index contributed by atoms with van der Waals surface area (Å²) in [6.45, 7) is 6.81. The Hall–Kier alpha value is -9.74. The van der Waals surface area contributed by atoms with Crippen LogP contribution in [0.15, 0.2) is 45.3 Å². The second-order valence-electron chi connectivity index (χ2n) is 20.2. The van der Waals surface area contributed by atoms with Crippen LogP contribution in [0.1, 0.15) is 124 Å². The quantitative estimate of drug-likeness (QED) is 0.0150. The number of nitrogens with one attached hydrogen (secondary N) is 3. The number of methoxy groups -OCH3 is 1. The van der Waals surface area contributed by atoms with Crippen LogP contribution >= 0.6 is 11.8 Å². The number of carboxylic acid groups (broad SMARTS) is 1. The number of Topliss-reactive ketones (excluding diaryl/α,β-unsaturated/α-hetero) is 2. The molecule has 0 radical (unpaired) electrons. The van der Waals surface area contributed by atoms with Gasteiger partial charge in [0.1, 0.15) is 22.5 Å². The fourth-order valence-corrected chi connectivity index (χ4v) is 10.2. The lowest BCUT2D eigenvalue weighted by atomic mass is 9.95. The van der Waals surface area contributed by atoms with Gasteiger partial charge in [0.15, 0.2) is 23.3 Å². The van der Waals surface area contributed by atoms with Crippen molar-refractivity contribution in [1.82, 2.24) is 39.3 Å². The van der Waals surface area contributed by atoms with Crippen molar-refractivity contribution >= 4 is 111 Å². The van der Waals surface area contributed by atoms with E-state index < -0.39 is 108 Å². The SMILES string of the molecule is CCc1nc(C)oc1C(=O)Nc1nc2cc(C(N)=O)cc(OC)c2n1C/C=C/Cn1c(NC(=O)c2oc(C)nc2CC)nc2cc(C(N)=O)cc(OCCCOC(=O)[C@@H](C)CC(=O)CNC(=O)[C@H](CCC(=O)O)CC(=O)CN3C(=O)CC(SC)C3=O)c21. The van der Waals surface area contributed by atoms with Crippen LogP contribution in [0.25, 0.3) is 22.1 Å². The number of nitrogens with zero attached hydrogens (tertiary/aromatic N) is 7. The molecular formula is C57H66N12O17S. The van der Waals surface area contributed by atoms with Crippen LogP contribution in [0, 0.1) is 25.7 Å². The Bertz CT molecular complexity index is 3730. The Balaban J connectivity index is 1.05. The van der Waals surface area contributed by atoms with E-state index >= 15 is 0 Å². The number of amides is 7. The Morgan fingerprint density at radius 3 is 1.82 bits per heavy atom. The molecule has 462 valence electrons. The minimum Gasteiger partial charge on any atom is -0.494 e. The standard InChI is InChI=1S/C57H66N12O17S/c1-8-36-47(85-29(4)61-36)52(78)65-56-63-38-21-32(49(58)75)23-40(82-6)45(38)67(56)15-10-11-16-68-46-39(64-57(68)66-53(79)48-37(9-2)62-30(5)86-48)22-33(50(59)76)24-41(46)83-17-12-18-84-55(81)28(3)19-34(70)26-60-51(77)31(13-14-44(73)74)20-35(71)27-69-43(72)25-42(87-7)54(69)80/h10-11,21-24,28,31,42H,8-9,12-20,25-27H2,1-7H3,(H2,58,75)(H2,59,76)(H,60,77)(H,73,74)(H,63,65,78)(H,64,66,79)/b11-10+/t28-,31+,42?/m0/s1. The number of primary amides is 2. The highest BCUT2D eigenvalue weighted by Crippen LogP contribution is 2.34. The molecule has 0 aliphatic carbocycles. The van der Waals surface area contributed by atoms with E-state index in [0.29, 0.717) is 29.7 Å². The molecule has 1 saturated heterocycles. The number of benzene rings is 2. The van der Waals surface area contributed by atoms with Gasteiger partial charge in [0.2, 0.25) is 53.0 Å². The van der Waals surface area contributed by atoms with E-state index in [9.17, 15) is 57.8 Å². The van der Waals surface area contributed by atoms with Crippen LogP contribution in [0.4, 0.5) is 11.9 Å². The van der Waals surface area contributed by atoms with Gasteiger partial charge in [-0.25, -0.2) is 19.9 Å². The second kappa shape index (κ2) is 28.9. The molecule has 87 heavy (non-hydrogen) atoms. The lowest BCUT2D eigenvalue weighted by Crippen LogP contribution is -2.39. The van der Waals surface area contributed by atoms with Gasteiger partial charge in [-0.15, -0.1) is 0 Å². The maximum absolute atomic E-state index is 13.9. The monoisotopic (exact) mass is 1220 g/mol. The van der Waals surface area contributed by atoms with Gasteiger partial charge >= 0.3 is 11.9 Å². The van der Waals surface area contributed by atoms with Gasteiger partial charge in [-0.05, 0) is 49.8 Å². The average Bonchev–Trinajstić information content (AvgIpc) is 1.78. The first kappa shape index (κ1) is 64.8. The van der Waals surface area contributed by atoms with Gasteiger partial charge in [-0.3, -0.25) is 68.3 Å². The van der Waals surface area contributed by atoms with Crippen LogP contribution in [0.5, 0.6) is 11.5 Å². The largest absolute Gasteiger partial charge is 0.494 e. The minimum absolute atomic E-state index is 0.000986. The maximum Gasteiger partial charge on any atom is 0.309 e. The first-order chi connectivity index (χ1) is 41.4. The van der Waals surface area contributed by atoms with Gasteiger partial charge in [0, 0.05) is 76.1 Å². The molecule has 1 unspecified atom stereocenters. The molecule has 29 nitrogen and oxygen atoms in total. The number of hydrogen-bond acceptors (Lipinski definition) is 21. The van der Waals surface area contributed by atoms with Crippen LogP contribution in [-0.2, 0) is 64.2 Å². The highest BCUT2D eigenvalue weighted by molar-refractivity contribution is 8.00. The Morgan fingerprint density at radius 2 is 1.32 bits per heavy atom. The number of oxazole rings is 2. The van der Waals surface area contributed by atoms with Crippen molar-refractivity contribution < 1.29 is 80.9 Å². The molecule has 0 saturated carbocycles. The van der Waals surface area contributed by atoms with Crippen molar-refractivity contribution in [3.05, 3.63) is 82.2 Å². The number of nitrogens with two attached hydrogens (primary N) is 2. The molecule has 1 aliphatic rings. The topological polar surface area (TPSA) is 415 Å². The van der Waals surface area contributed by atoms with Gasteiger partial charge in [0.05, 0.1) is 67.0 Å². The number of imide groups is 1. The van der Waals surface area contributed by atoms with Crippen LogP contribution in [0.3, 0.4) is 0 Å². The number of ketones is 2. The Labute approximate surface area is 500 Å². The lowest BCUT2D eigenvalue weighted by molar-refractivity contribution is -0.149. The summed E-state index contributed by atoms with van der Waals surface area (Å²) in [5.74, 6) is -9.33. The van der Waals surface area contributed by atoms with E-state index in [1.165, 1.54) is 50.1 Å². The number of hydrogen-bond donors (Lipinski definition) is 6. The van der Waals surface area contributed by atoms with Crippen molar-refractivity contribution in [2.45, 2.75) is 104 Å². The van der Waals surface area contributed by atoms with E-state index in [0.717, 1.165) is 4.90 Å². The number of allylic oxidation sites excluding steroid dienone is 2. The molecule has 4 aromatic heterocycles. The number of imidazole rings is 2. The number of fused-ring (bicyclic) bond motifs is 2. The van der Waals surface area contributed by atoms with Crippen molar-refractivity contribution in [2.75, 3.05) is 50.3 Å². The molecule has 8 N–H and O–H groups in total. The summed E-state index contributed by atoms with van der Waals surface area (Å²) in [5, 5.41) is 16.6. The van der Waals surface area contributed by atoms with Crippen molar-refractivity contribution in [3.63, 3.8) is 0 Å². The zero-order chi connectivity index (χ0) is 63.4. The third-order valence-corrected chi connectivity index (χ3v) is 14.8. The number of likely N-dealkylation sites (tertiary alicyclic amines) is 1. The van der Waals surface area contributed by atoms with Crippen LogP contribution < -0.4 is 36.9 Å². The van der Waals surface area contributed by atoms with Gasteiger partial charge < -0.3 is 54.1 Å². The third-order valence-electron chi connectivity index (χ3n) is 13.8. The van der Waals surface area contributed by atoms with E-state index in [1.807, 2.05) is 6.92 Å². The normalized spacial score (nSPS) is 13.9. The summed E-state index contributed by atoms with van der Waals surface area (Å²) < 4.78 is 31.9. The fraction of sp³-hybridized carbons (Fsp3) is 0.421. The first-order valence-corrected chi connectivity index (χ1v) is 28.9. The molecule has 1 fully saturated rings.